The Morgan fingerprint density at radius 2 is 2.19 bits per heavy atom. The molecule has 6 nitrogen and oxygen atoms in total. The highest BCUT2D eigenvalue weighted by molar-refractivity contribution is 5.94. The Balaban J connectivity index is 2.44. The van der Waals surface area contributed by atoms with Crippen molar-refractivity contribution < 1.29 is 14.3 Å². The first-order chi connectivity index (χ1) is 12.4. The van der Waals surface area contributed by atoms with Crippen LogP contribution in [0.25, 0.3) is 0 Å². The predicted octanol–water partition coefficient (Wildman–Crippen LogP) is 2.23. The summed E-state index contributed by atoms with van der Waals surface area (Å²) < 4.78 is 6.12. The number of rotatable bonds is 8. The molecule has 3 N–H and O–H groups in total. The Morgan fingerprint density at radius 1 is 1.46 bits per heavy atom. The second-order valence-corrected chi connectivity index (χ2v) is 7.28. The van der Waals surface area contributed by atoms with E-state index in [0.717, 1.165) is 42.0 Å². The lowest BCUT2D eigenvalue weighted by molar-refractivity contribution is -0.125. The molecule has 1 heterocycles. The van der Waals surface area contributed by atoms with E-state index in [1.165, 1.54) is 6.92 Å². The van der Waals surface area contributed by atoms with Gasteiger partial charge in [0.05, 0.1) is 12.3 Å². The zero-order valence-electron chi connectivity index (χ0n) is 16.3. The first-order valence-corrected chi connectivity index (χ1v) is 9.43. The quantitative estimate of drug-likeness (QED) is 0.648. The number of nitrogens with two attached hydrogens (primary N) is 1. The molecule has 1 atom stereocenters. The Kier molecular flexibility index (Phi) is 7.03. The van der Waals surface area contributed by atoms with Crippen LogP contribution in [0.1, 0.15) is 47.0 Å². The number of hydrogen-bond donors (Lipinski definition) is 2. The van der Waals surface area contributed by atoms with Crippen LogP contribution in [0, 0.1) is 5.92 Å². The van der Waals surface area contributed by atoms with Gasteiger partial charge in [0, 0.05) is 38.2 Å². The maximum atomic E-state index is 12.4. The minimum absolute atomic E-state index is 0.0104. The maximum Gasteiger partial charge on any atom is 0.217 e. The second-order valence-electron chi connectivity index (χ2n) is 7.28. The van der Waals surface area contributed by atoms with Gasteiger partial charge in [0.1, 0.15) is 11.8 Å². The van der Waals surface area contributed by atoms with Crippen molar-refractivity contribution >= 4 is 11.7 Å². The van der Waals surface area contributed by atoms with Gasteiger partial charge in [0.25, 0.3) is 0 Å². The highest BCUT2D eigenvalue weighted by Crippen LogP contribution is 2.36. The Morgan fingerprint density at radius 3 is 2.77 bits per heavy atom. The maximum absolute atomic E-state index is 12.4. The molecule has 0 aromatic carbocycles. The molecule has 26 heavy (non-hydrogen) atoms. The van der Waals surface area contributed by atoms with Crippen LogP contribution in [-0.2, 0) is 14.3 Å². The molecular weight excluding hydrogens is 330 g/mol. The van der Waals surface area contributed by atoms with Gasteiger partial charge >= 0.3 is 0 Å². The normalized spacial score (nSPS) is 20.0. The number of carbonyl (C=O) groups is 2. The number of fused-ring (bicyclic) bond motifs is 1. The molecule has 144 valence electrons. The molecule has 0 saturated carbocycles. The molecule has 2 rings (SSSR count). The number of unbranched alkanes of at least 4 members (excludes halogenated alkanes) is 1. The van der Waals surface area contributed by atoms with Gasteiger partial charge in [0.2, 0.25) is 5.91 Å². The van der Waals surface area contributed by atoms with Crippen molar-refractivity contribution in [1.82, 2.24) is 10.2 Å². The zero-order valence-corrected chi connectivity index (χ0v) is 16.3. The van der Waals surface area contributed by atoms with E-state index in [2.05, 4.69) is 31.0 Å². The SMILES string of the molecule is CCCCOC1=C(CN)N(CC(C)C)C=C2CC(=O)C(NC(C)=O)C=C21. The summed E-state index contributed by atoms with van der Waals surface area (Å²) in [6.45, 7) is 9.60. The van der Waals surface area contributed by atoms with E-state index in [1.54, 1.807) is 0 Å². The van der Waals surface area contributed by atoms with E-state index < -0.39 is 6.04 Å². The fourth-order valence-corrected chi connectivity index (χ4v) is 3.24. The van der Waals surface area contributed by atoms with Crippen LogP contribution in [0.4, 0.5) is 0 Å². The van der Waals surface area contributed by atoms with Gasteiger partial charge in [-0.15, -0.1) is 0 Å². The van der Waals surface area contributed by atoms with Crippen LogP contribution in [0.2, 0.25) is 0 Å². The Hall–Kier alpha value is -2.08. The van der Waals surface area contributed by atoms with E-state index >= 15 is 0 Å². The number of nitrogens with one attached hydrogen (secondary N) is 1. The molecule has 1 unspecified atom stereocenters. The summed E-state index contributed by atoms with van der Waals surface area (Å²) in [5.41, 5.74) is 8.81. The average molecular weight is 361 g/mol. The van der Waals surface area contributed by atoms with Gasteiger partial charge in [-0.1, -0.05) is 27.2 Å². The lowest BCUT2D eigenvalue weighted by atomic mass is 9.86. The zero-order chi connectivity index (χ0) is 19.3. The molecule has 1 aliphatic carbocycles. The molecule has 6 heteroatoms. The lowest BCUT2D eigenvalue weighted by Crippen LogP contribution is -2.42. The third-order valence-electron chi connectivity index (χ3n) is 4.41. The summed E-state index contributed by atoms with van der Waals surface area (Å²) >= 11 is 0. The Labute approximate surface area is 156 Å². The summed E-state index contributed by atoms with van der Waals surface area (Å²) in [5, 5.41) is 2.71. The molecule has 0 saturated heterocycles. The number of carbonyl (C=O) groups excluding carboxylic acids is 2. The molecular formula is C20H31N3O3. The van der Waals surface area contributed by atoms with Crippen LogP contribution >= 0.6 is 0 Å². The number of hydrogen-bond acceptors (Lipinski definition) is 5. The van der Waals surface area contributed by atoms with Crippen LogP contribution < -0.4 is 11.1 Å². The molecule has 0 aromatic heterocycles. The average Bonchev–Trinajstić information content (AvgIpc) is 2.55. The van der Waals surface area contributed by atoms with Crippen LogP contribution in [0.3, 0.4) is 0 Å². The predicted molar refractivity (Wildman–Crippen MR) is 102 cm³/mol. The summed E-state index contributed by atoms with van der Waals surface area (Å²) in [6.07, 6.45) is 6.09. The summed E-state index contributed by atoms with van der Waals surface area (Å²) in [4.78, 5) is 26.0. The van der Waals surface area contributed by atoms with E-state index in [9.17, 15) is 9.59 Å². The smallest absolute Gasteiger partial charge is 0.217 e. The van der Waals surface area contributed by atoms with Crippen molar-refractivity contribution in [2.45, 2.75) is 53.0 Å². The standard InChI is InChI=1S/C20H31N3O3/c1-5-6-7-26-20-16-9-17(22-14(4)24)19(25)8-15(16)12-23(11-13(2)3)18(20)10-21/h9,12-13,17H,5-8,10-11,21H2,1-4H3,(H,22,24). The van der Waals surface area contributed by atoms with Crippen LogP contribution in [0.5, 0.6) is 0 Å². The van der Waals surface area contributed by atoms with Crippen LogP contribution in [0.15, 0.2) is 34.9 Å². The lowest BCUT2D eigenvalue weighted by Gasteiger charge is -2.36. The third kappa shape index (κ3) is 4.75. The minimum atomic E-state index is -0.611. The molecule has 0 bridgehead atoms. The third-order valence-corrected chi connectivity index (χ3v) is 4.41. The van der Waals surface area contributed by atoms with E-state index in [4.69, 9.17) is 10.5 Å². The second kappa shape index (κ2) is 9.03. The first-order valence-electron chi connectivity index (χ1n) is 9.43. The van der Waals surface area contributed by atoms with Crippen molar-refractivity contribution in [3.05, 3.63) is 34.9 Å². The largest absolute Gasteiger partial charge is 0.491 e. The molecule has 0 radical (unpaired) electrons. The molecule has 1 amide bonds. The fourth-order valence-electron chi connectivity index (χ4n) is 3.24. The fraction of sp³-hybridized carbons (Fsp3) is 0.600. The number of nitrogens with zero attached hydrogens (tertiary/aromatic N) is 1. The summed E-state index contributed by atoms with van der Waals surface area (Å²) in [6, 6.07) is -0.611. The molecule has 1 aliphatic heterocycles. The number of ketones is 1. The molecule has 2 aliphatic rings. The van der Waals surface area contributed by atoms with Crippen molar-refractivity contribution in [1.29, 1.82) is 0 Å². The van der Waals surface area contributed by atoms with Gasteiger partial charge < -0.3 is 20.7 Å². The topological polar surface area (TPSA) is 84.7 Å². The van der Waals surface area contributed by atoms with Crippen molar-refractivity contribution in [2.75, 3.05) is 19.7 Å². The van der Waals surface area contributed by atoms with Crippen LogP contribution in [-0.4, -0.2) is 42.3 Å². The number of amides is 1. The Bertz CT molecular complexity index is 647. The van der Waals surface area contributed by atoms with Gasteiger partial charge in [0.15, 0.2) is 5.78 Å². The first kappa shape index (κ1) is 20.2. The highest BCUT2D eigenvalue weighted by atomic mass is 16.5. The van der Waals surface area contributed by atoms with Crippen molar-refractivity contribution in [2.24, 2.45) is 11.7 Å². The highest BCUT2D eigenvalue weighted by Gasteiger charge is 2.33. The van der Waals surface area contributed by atoms with E-state index in [-0.39, 0.29) is 18.1 Å². The minimum Gasteiger partial charge on any atom is -0.491 e. The van der Waals surface area contributed by atoms with E-state index in [0.29, 0.717) is 19.1 Å². The van der Waals surface area contributed by atoms with Gasteiger partial charge in [-0.3, -0.25) is 9.59 Å². The summed E-state index contributed by atoms with van der Waals surface area (Å²) in [7, 11) is 0. The van der Waals surface area contributed by atoms with Gasteiger partial charge in [-0.2, -0.15) is 0 Å². The van der Waals surface area contributed by atoms with E-state index in [1.807, 2.05) is 12.3 Å². The molecule has 0 spiro atoms. The monoisotopic (exact) mass is 361 g/mol. The van der Waals surface area contributed by atoms with Gasteiger partial charge in [-0.25, -0.2) is 0 Å². The number of allylic oxidation sites excluding steroid dienone is 1. The molecule has 0 aromatic rings. The number of Topliss-reactive ketones (excluding diaryl/α,β-unsaturated/α-hetero) is 1. The van der Waals surface area contributed by atoms with Gasteiger partial charge in [-0.05, 0) is 24.0 Å². The summed E-state index contributed by atoms with van der Waals surface area (Å²) in [5.74, 6) is 0.967. The van der Waals surface area contributed by atoms with Crippen molar-refractivity contribution in [3.63, 3.8) is 0 Å². The molecule has 0 fully saturated rings. The number of ether oxygens (including phenoxy) is 1. The van der Waals surface area contributed by atoms with Crippen molar-refractivity contribution in [3.8, 4) is 0 Å².